The number of nitrogens with zero attached hydrogens (tertiary/aromatic N) is 2. The predicted molar refractivity (Wildman–Crippen MR) is 148 cm³/mol. The molecule has 5 rings (SSSR count). The SMILES string of the molecule is CS(=O)(=O)Nc1ccc2c(c1)S(=O)(=O)N=C(C1=C(O)[C@@H](Cc3ccc(F)cc3)CN(Cc3ccc(F)cc3)C1=O)N2. The lowest BCUT2D eigenvalue weighted by Gasteiger charge is -2.35. The van der Waals surface area contributed by atoms with Crippen LogP contribution >= 0.6 is 0 Å². The van der Waals surface area contributed by atoms with E-state index in [1.54, 1.807) is 12.1 Å². The number of sulfonamides is 2. The van der Waals surface area contributed by atoms with Gasteiger partial charge in [0.2, 0.25) is 10.0 Å². The first-order chi connectivity index (χ1) is 19.3. The summed E-state index contributed by atoms with van der Waals surface area (Å²) >= 11 is 0. The van der Waals surface area contributed by atoms with Gasteiger partial charge in [-0.15, -0.1) is 4.40 Å². The molecule has 3 aromatic carbocycles. The summed E-state index contributed by atoms with van der Waals surface area (Å²) in [6.45, 7) is 0.0764. The topological polar surface area (TPSA) is 145 Å². The molecule has 0 aliphatic carbocycles. The fourth-order valence-corrected chi connectivity index (χ4v) is 6.39. The van der Waals surface area contributed by atoms with Gasteiger partial charge in [0.1, 0.15) is 27.9 Å². The van der Waals surface area contributed by atoms with Crippen LogP contribution in [0.5, 0.6) is 0 Å². The second-order valence-corrected chi connectivity index (χ2v) is 13.0. The van der Waals surface area contributed by atoms with Crippen LogP contribution < -0.4 is 10.0 Å². The highest BCUT2D eigenvalue weighted by molar-refractivity contribution is 7.92. The molecule has 0 spiro atoms. The van der Waals surface area contributed by atoms with Crippen LogP contribution in [0.1, 0.15) is 11.1 Å². The number of carbonyl (C=O) groups excluding carboxylic acids is 1. The van der Waals surface area contributed by atoms with Gasteiger partial charge in [-0.25, -0.2) is 17.2 Å². The first-order valence-corrected chi connectivity index (χ1v) is 15.6. The lowest BCUT2D eigenvalue weighted by atomic mass is 9.89. The molecule has 14 heteroatoms. The molecule has 0 bridgehead atoms. The van der Waals surface area contributed by atoms with E-state index < -0.39 is 55.1 Å². The molecular formula is C27H24F2N4O6S2. The van der Waals surface area contributed by atoms with Gasteiger partial charge in [-0.1, -0.05) is 24.3 Å². The van der Waals surface area contributed by atoms with Crippen molar-refractivity contribution in [1.82, 2.24) is 4.90 Å². The Balaban J connectivity index is 1.54. The van der Waals surface area contributed by atoms with Crippen molar-refractivity contribution in [2.24, 2.45) is 10.3 Å². The third kappa shape index (κ3) is 6.23. The molecule has 0 unspecified atom stereocenters. The molecule has 214 valence electrons. The van der Waals surface area contributed by atoms with E-state index in [0.717, 1.165) is 12.3 Å². The van der Waals surface area contributed by atoms with Crippen LogP contribution in [0.15, 0.2) is 87.4 Å². The Bertz CT molecular complexity index is 1810. The maximum absolute atomic E-state index is 13.7. The maximum Gasteiger partial charge on any atom is 0.286 e. The molecule has 0 fully saturated rings. The van der Waals surface area contributed by atoms with Gasteiger partial charge in [-0.2, -0.15) is 8.42 Å². The first kappa shape index (κ1) is 28.2. The number of anilines is 2. The summed E-state index contributed by atoms with van der Waals surface area (Å²) in [6, 6.07) is 14.9. The number of benzene rings is 3. The van der Waals surface area contributed by atoms with E-state index >= 15 is 0 Å². The molecule has 0 aromatic heterocycles. The Morgan fingerprint density at radius 2 is 1.63 bits per heavy atom. The quantitative estimate of drug-likeness (QED) is 0.375. The van der Waals surface area contributed by atoms with E-state index in [9.17, 15) is 35.5 Å². The van der Waals surface area contributed by atoms with Crippen molar-refractivity contribution in [3.63, 3.8) is 0 Å². The van der Waals surface area contributed by atoms with Crippen LogP contribution in [0.4, 0.5) is 20.2 Å². The molecule has 1 amide bonds. The molecule has 41 heavy (non-hydrogen) atoms. The van der Waals surface area contributed by atoms with E-state index in [4.69, 9.17) is 0 Å². The highest BCUT2D eigenvalue weighted by atomic mass is 32.2. The molecule has 10 nitrogen and oxygen atoms in total. The summed E-state index contributed by atoms with van der Waals surface area (Å²) in [5.74, 6) is -3.10. The summed E-state index contributed by atoms with van der Waals surface area (Å²) in [5, 5.41) is 14.1. The zero-order valence-corrected chi connectivity index (χ0v) is 23.1. The normalized spacial score (nSPS) is 18.4. The molecule has 2 aliphatic rings. The van der Waals surface area contributed by atoms with E-state index in [0.29, 0.717) is 11.1 Å². The number of aliphatic hydroxyl groups excluding tert-OH is 1. The number of aliphatic hydroxyl groups is 1. The van der Waals surface area contributed by atoms with Gasteiger partial charge < -0.3 is 15.3 Å². The molecular weight excluding hydrogens is 578 g/mol. The predicted octanol–water partition coefficient (Wildman–Crippen LogP) is 3.56. The number of halogens is 2. The Morgan fingerprint density at radius 3 is 2.24 bits per heavy atom. The van der Waals surface area contributed by atoms with Gasteiger partial charge in [-0.05, 0) is 60.0 Å². The standard InChI is InChI=1S/C27H24F2N4O6S2/c1-40(36,37)31-21-10-11-22-23(13-21)41(38,39)32-26(30-22)24-25(34)18(12-16-2-6-19(28)7-3-16)15-33(27(24)35)14-17-4-8-20(29)9-5-17/h2-11,13,18,31,34H,12,14-15H2,1H3,(H,30,32)/t18-/m0/s1. The van der Waals surface area contributed by atoms with Gasteiger partial charge >= 0.3 is 0 Å². The van der Waals surface area contributed by atoms with Crippen molar-refractivity contribution >= 4 is 43.2 Å². The molecule has 3 aromatic rings. The molecule has 3 N–H and O–H groups in total. The number of rotatable bonds is 7. The zero-order chi connectivity index (χ0) is 29.5. The average molecular weight is 603 g/mol. The minimum Gasteiger partial charge on any atom is -0.511 e. The highest BCUT2D eigenvalue weighted by Gasteiger charge is 2.39. The smallest absolute Gasteiger partial charge is 0.286 e. The van der Waals surface area contributed by atoms with Crippen molar-refractivity contribution in [2.45, 2.75) is 17.9 Å². The number of amides is 1. The number of hydrogen-bond acceptors (Lipinski definition) is 7. The Hall–Kier alpha value is -4.30. The molecule has 2 heterocycles. The van der Waals surface area contributed by atoms with Gasteiger partial charge in [0.05, 0.1) is 11.9 Å². The van der Waals surface area contributed by atoms with Crippen LogP contribution in [-0.2, 0) is 37.8 Å². The Kier molecular flexibility index (Phi) is 7.30. The third-order valence-electron chi connectivity index (χ3n) is 6.53. The first-order valence-electron chi connectivity index (χ1n) is 12.2. The number of carbonyl (C=O) groups is 1. The molecule has 2 aliphatic heterocycles. The summed E-state index contributed by atoms with van der Waals surface area (Å²) in [4.78, 5) is 14.7. The summed E-state index contributed by atoms with van der Waals surface area (Å²) in [5.41, 5.74) is 0.922. The molecule has 0 saturated heterocycles. The van der Waals surface area contributed by atoms with E-state index in [-0.39, 0.29) is 41.4 Å². The summed E-state index contributed by atoms with van der Waals surface area (Å²) < 4.78 is 82.4. The lowest BCUT2D eigenvalue weighted by Crippen LogP contribution is -2.45. The lowest BCUT2D eigenvalue weighted by molar-refractivity contribution is -0.129. The van der Waals surface area contributed by atoms with Crippen LogP contribution in [0.3, 0.4) is 0 Å². The van der Waals surface area contributed by atoms with Crippen LogP contribution in [0.2, 0.25) is 0 Å². The van der Waals surface area contributed by atoms with Crippen molar-refractivity contribution in [1.29, 1.82) is 0 Å². The number of hydrogen-bond donors (Lipinski definition) is 3. The molecule has 0 radical (unpaired) electrons. The number of nitrogens with one attached hydrogen (secondary N) is 2. The monoisotopic (exact) mass is 602 g/mol. The van der Waals surface area contributed by atoms with Gasteiger partial charge in [0.25, 0.3) is 15.9 Å². The van der Waals surface area contributed by atoms with E-state index in [2.05, 4.69) is 14.4 Å². The minimum atomic E-state index is -4.44. The molecule has 1 atom stereocenters. The minimum absolute atomic E-state index is 0.00378. The number of fused-ring (bicyclic) bond motifs is 1. The van der Waals surface area contributed by atoms with E-state index in [1.165, 1.54) is 53.4 Å². The zero-order valence-electron chi connectivity index (χ0n) is 21.5. The third-order valence-corrected chi connectivity index (χ3v) is 8.45. The molecule has 0 saturated carbocycles. The van der Waals surface area contributed by atoms with Crippen LogP contribution in [-0.4, -0.2) is 51.4 Å². The van der Waals surface area contributed by atoms with Crippen molar-refractivity contribution in [2.75, 3.05) is 22.8 Å². The van der Waals surface area contributed by atoms with Crippen molar-refractivity contribution in [3.8, 4) is 0 Å². The van der Waals surface area contributed by atoms with Crippen molar-refractivity contribution in [3.05, 3.63) is 101 Å². The average Bonchev–Trinajstić information content (AvgIpc) is 2.89. The van der Waals surface area contributed by atoms with Crippen LogP contribution in [0.25, 0.3) is 0 Å². The van der Waals surface area contributed by atoms with Gasteiger partial charge in [-0.3, -0.25) is 9.52 Å². The maximum atomic E-state index is 13.7. The fraction of sp³-hybridized carbons (Fsp3) is 0.185. The summed E-state index contributed by atoms with van der Waals surface area (Å²) in [7, 11) is -8.12. The summed E-state index contributed by atoms with van der Waals surface area (Å²) in [6.07, 6.45) is 1.11. The largest absolute Gasteiger partial charge is 0.511 e. The number of amidine groups is 1. The Morgan fingerprint density at radius 1 is 1.02 bits per heavy atom. The Labute approximate surface area is 235 Å². The van der Waals surface area contributed by atoms with Crippen molar-refractivity contribution < 1.29 is 35.5 Å². The van der Waals surface area contributed by atoms with E-state index in [1.807, 2.05) is 0 Å². The van der Waals surface area contributed by atoms with Gasteiger partial charge in [0, 0.05) is 24.7 Å². The second-order valence-electron chi connectivity index (χ2n) is 9.73. The van der Waals surface area contributed by atoms with Crippen LogP contribution in [0, 0.1) is 17.6 Å². The highest BCUT2D eigenvalue weighted by Crippen LogP contribution is 2.35. The fourth-order valence-electron chi connectivity index (χ4n) is 4.69. The van der Waals surface area contributed by atoms with Gasteiger partial charge in [0.15, 0.2) is 5.84 Å². The second kappa shape index (κ2) is 10.6.